The summed E-state index contributed by atoms with van der Waals surface area (Å²) in [6.45, 7) is 0. The second kappa shape index (κ2) is 14.1. The SMILES string of the molecule is C1=CC(c2ccc(-c3ccc(N(c4ccc(C5=CCCC=C5)cc4)c4ccc(-c5ccccc5)cc4)cc3-c3ccccc3)cc2)=CCC1. The molecule has 0 unspecified atom stereocenters. The molecule has 49 heavy (non-hydrogen) atoms. The standard InChI is InChI=1S/C48H39N/c1-5-13-36(14-6-1)39-21-23-43(24-22-39)47-34-33-46(35-48(47)42-19-11-4-12-20-42)49(44-29-25-40(26-30-44)37-15-7-2-8-16-37)45-31-27-41(28-32-45)38-17-9-3-10-18-38/h2,4-5,7-9,11-35H,1,3,6,10H2. The predicted octanol–water partition coefficient (Wildman–Crippen LogP) is 13.6. The van der Waals surface area contributed by atoms with E-state index in [4.69, 9.17) is 0 Å². The Morgan fingerprint density at radius 3 is 1.29 bits per heavy atom. The number of allylic oxidation sites excluding steroid dienone is 8. The van der Waals surface area contributed by atoms with Crippen LogP contribution in [-0.2, 0) is 0 Å². The van der Waals surface area contributed by atoms with Crippen LogP contribution in [0.3, 0.4) is 0 Å². The first kappa shape index (κ1) is 30.4. The lowest BCUT2D eigenvalue weighted by Crippen LogP contribution is -2.10. The molecule has 0 bridgehead atoms. The molecule has 0 fully saturated rings. The maximum atomic E-state index is 2.38. The van der Waals surface area contributed by atoms with E-state index in [0.29, 0.717) is 0 Å². The van der Waals surface area contributed by atoms with Crippen LogP contribution in [0.25, 0.3) is 44.5 Å². The minimum atomic E-state index is 1.10. The minimum absolute atomic E-state index is 1.10. The quantitative estimate of drug-likeness (QED) is 0.162. The van der Waals surface area contributed by atoms with Crippen LogP contribution in [0.4, 0.5) is 17.1 Å². The summed E-state index contributed by atoms with van der Waals surface area (Å²) in [5.41, 5.74) is 15.8. The van der Waals surface area contributed by atoms with Gasteiger partial charge in [-0.1, -0.05) is 152 Å². The van der Waals surface area contributed by atoms with E-state index in [0.717, 1.165) is 42.7 Å². The summed E-state index contributed by atoms with van der Waals surface area (Å²) in [6, 6.07) is 55.3. The van der Waals surface area contributed by atoms with Crippen LogP contribution in [0, 0.1) is 0 Å². The van der Waals surface area contributed by atoms with Gasteiger partial charge in [-0.25, -0.2) is 0 Å². The van der Waals surface area contributed by atoms with Gasteiger partial charge in [-0.15, -0.1) is 0 Å². The van der Waals surface area contributed by atoms with Crippen molar-refractivity contribution in [2.75, 3.05) is 4.90 Å². The van der Waals surface area contributed by atoms with Crippen molar-refractivity contribution in [1.82, 2.24) is 0 Å². The third-order valence-corrected chi connectivity index (χ3v) is 9.56. The zero-order valence-corrected chi connectivity index (χ0v) is 27.7. The van der Waals surface area contributed by atoms with Crippen LogP contribution < -0.4 is 4.90 Å². The number of rotatable bonds is 8. The first-order valence-electron chi connectivity index (χ1n) is 17.4. The molecule has 0 aromatic heterocycles. The molecule has 6 aromatic carbocycles. The first-order chi connectivity index (χ1) is 24.3. The van der Waals surface area contributed by atoms with E-state index in [-0.39, 0.29) is 0 Å². The predicted molar refractivity (Wildman–Crippen MR) is 210 cm³/mol. The van der Waals surface area contributed by atoms with E-state index in [1.165, 1.54) is 55.7 Å². The molecule has 1 heteroatoms. The van der Waals surface area contributed by atoms with E-state index < -0.39 is 0 Å². The lowest BCUT2D eigenvalue weighted by Gasteiger charge is -2.27. The van der Waals surface area contributed by atoms with E-state index >= 15 is 0 Å². The number of benzene rings is 6. The van der Waals surface area contributed by atoms with Crippen molar-refractivity contribution in [3.8, 4) is 33.4 Å². The first-order valence-corrected chi connectivity index (χ1v) is 17.4. The molecule has 6 aromatic rings. The third kappa shape index (κ3) is 6.62. The van der Waals surface area contributed by atoms with Gasteiger partial charge >= 0.3 is 0 Å². The van der Waals surface area contributed by atoms with E-state index in [1.54, 1.807) is 0 Å². The minimum Gasteiger partial charge on any atom is -0.310 e. The van der Waals surface area contributed by atoms with Crippen molar-refractivity contribution >= 4 is 28.2 Å². The van der Waals surface area contributed by atoms with E-state index in [9.17, 15) is 0 Å². The van der Waals surface area contributed by atoms with Crippen molar-refractivity contribution in [3.05, 3.63) is 199 Å². The van der Waals surface area contributed by atoms with Crippen LogP contribution in [0.2, 0.25) is 0 Å². The van der Waals surface area contributed by atoms with Crippen molar-refractivity contribution < 1.29 is 0 Å². The average Bonchev–Trinajstić information content (AvgIpc) is 3.20. The lowest BCUT2D eigenvalue weighted by molar-refractivity contribution is 1.04. The number of hydrogen-bond donors (Lipinski definition) is 0. The largest absolute Gasteiger partial charge is 0.310 e. The van der Waals surface area contributed by atoms with Crippen LogP contribution in [-0.4, -0.2) is 0 Å². The van der Waals surface area contributed by atoms with Crippen molar-refractivity contribution in [2.45, 2.75) is 25.7 Å². The van der Waals surface area contributed by atoms with Crippen LogP contribution in [0.1, 0.15) is 36.8 Å². The molecule has 0 N–H and O–H groups in total. The fourth-order valence-corrected chi connectivity index (χ4v) is 6.96. The fraction of sp³-hybridized carbons (Fsp3) is 0.0833. The molecule has 0 radical (unpaired) electrons. The molecule has 2 aliphatic rings. The zero-order valence-electron chi connectivity index (χ0n) is 27.7. The Kier molecular flexibility index (Phi) is 8.72. The second-order valence-electron chi connectivity index (χ2n) is 12.7. The molecular formula is C48H39N. The Labute approximate surface area is 290 Å². The summed E-state index contributed by atoms with van der Waals surface area (Å²) in [7, 11) is 0. The Balaban J connectivity index is 1.22. The smallest absolute Gasteiger partial charge is 0.0468 e. The Hall–Kier alpha value is -5.92. The number of hydrogen-bond acceptors (Lipinski definition) is 1. The van der Waals surface area contributed by atoms with Crippen LogP contribution in [0.5, 0.6) is 0 Å². The molecule has 8 rings (SSSR count). The highest BCUT2D eigenvalue weighted by atomic mass is 15.1. The molecule has 0 aliphatic heterocycles. The van der Waals surface area contributed by atoms with Gasteiger partial charge in [-0.05, 0) is 118 Å². The summed E-state index contributed by atoms with van der Waals surface area (Å²) < 4.78 is 0. The third-order valence-electron chi connectivity index (χ3n) is 9.56. The van der Waals surface area contributed by atoms with Gasteiger partial charge in [0.1, 0.15) is 0 Å². The van der Waals surface area contributed by atoms with Gasteiger partial charge < -0.3 is 4.90 Å². The molecule has 0 spiro atoms. The molecule has 0 saturated carbocycles. The Morgan fingerprint density at radius 1 is 0.327 bits per heavy atom. The molecule has 2 aliphatic carbocycles. The van der Waals surface area contributed by atoms with E-state index in [2.05, 4.69) is 193 Å². The summed E-state index contributed by atoms with van der Waals surface area (Å²) in [4.78, 5) is 2.38. The summed E-state index contributed by atoms with van der Waals surface area (Å²) in [5.74, 6) is 0. The van der Waals surface area contributed by atoms with Gasteiger partial charge in [0.2, 0.25) is 0 Å². The van der Waals surface area contributed by atoms with E-state index in [1.807, 2.05) is 0 Å². The van der Waals surface area contributed by atoms with Crippen LogP contribution in [0.15, 0.2) is 188 Å². The molecular weight excluding hydrogens is 591 g/mol. The van der Waals surface area contributed by atoms with Gasteiger partial charge in [-0.2, -0.15) is 0 Å². The Bertz CT molecular complexity index is 2160. The molecule has 0 saturated heterocycles. The maximum absolute atomic E-state index is 2.38. The number of anilines is 3. The molecule has 0 heterocycles. The van der Waals surface area contributed by atoms with Crippen molar-refractivity contribution in [1.29, 1.82) is 0 Å². The van der Waals surface area contributed by atoms with Gasteiger partial charge in [0.05, 0.1) is 0 Å². The summed E-state index contributed by atoms with van der Waals surface area (Å²) in [5, 5.41) is 0. The van der Waals surface area contributed by atoms with Crippen LogP contribution >= 0.6 is 0 Å². The molecule has 1 nitrogen and oxygen atoms in total. The molecule has 236 valence electrons. The van der Waals surface area contributed by atoms with Crippen molar-refractivity contribution in [3.63, 3.8) is 0 Å². The normalized spacial score (nSPS) is 13.9. The van der Waals surface area contributed by atoms with Crippen molar-refractivity contribution in [2.24, 2.45) is 0 Å². The van der Waals surface area contributed by atoms with Gasteiger partial charge in [0.15, 0.2) is 0 Å². The highest BCUT2D eigenvalue weighted by molar-refractivity contribution is 5.90. The lowest BCUT2D eigenvalue weighted by atomic mass is 9.92. The monoisotopic (exact) mass is 629 g/mol. The topological polar surface area (TPSA) is 3.24 Å². The highest BCUT2D eigenvalue weighted by Crippen LogP contribution is 2.42. The van der Waals surface area contributed by atoms with Gasteiger partial charge in [0.25, 0.3) is 0 Å². The highest BCUT2D eigenvalue weighted by Gasteiger charge is 2.17. The maximum Gasteiger partial charge on any atom is 0.0468 e. The number of nitrogens with zero attached hydrogens (tertiary/aromatic N) is 1. The molecule has 0 amide bonds. The summed E-state index contributed by atoms with van der Waals surface area (Å²) >= 11 is 0. The zero-order chi connectivity index (χ0) is 32.8. The Morgan fingerprint density at radius 2 is 0.755 bits per heavy atom. The van der Waals surface area contributed by atoms with Gasteiger partial charge in [-0.3, -0.25) is 0 Å². The average molecular weight is 630 g/mol. The fourth-order valence-electron chi connectivity index (χ4n) is 6.96. The van der Waals surface area contributed by atoms with Gasteiger partial charge in [0, 0.05) is 17.1 Å². The summed E-state index contributed by atoms with van der Waals surface area (Å²) in [6.07, 6.45) is 18.2. The molecule has 0 atom stereocenters. The second-order valence-corrected chi connectivity index (χ2v) is 12.7.